The smallest absolute Gasteiger partial charge is 0.343 e. The summed E-state index contributed by atoms with van der Waals surface area (Å²) in [5, 5.41) is 2.59. The fraction of sp³-hybridized carbons (Fsp3) is 0.500. The zero-order valence-electron chi connectivity index (χ0n) is 10.4. The Labute approximate surface area is 108 Å². The van der Waals surface area contributed by atoms with Gasteiger partial charge in [0.2, 0.25) is 0 Å². The van der Waals surface area contributed by atoms with Crippen molar-refractivity contribution >= 4 is 5.97 Å². The van der Waals surface area contributed by atoms with Gasteiger partial charge in [-0.05, 0) is 25.1 Å². The number of halogens is 2. The van der Waals surface area contributed by atoms with E-state index in [1.165, 1.54) is 18.3 Å². The van der Waals surface area contributed by atoms with Crippen LogP contribution < -0.4 is 10.9 Å². The van der Waals surface area contributed by atoms with Crippen LogP contribution in [0.25, 0.3) is 0 Å². The largest absolute Gasteiger partial charge is 0.465 e. The number of rotatable bonds is 2. The standard InChI is InChI=1S/C12H14F2N2O3/c1-19-11(18)8-3-2-6-16(10(8)17)9-4-5-15-7-12(9,13)14/h2-3,6,9,15H,4-5,7H2,1H3. The normalized spacial score (nSPS) is 21.9. The molecule has 5 nitrogen and oxygen atoms in total. The van der Waals surface area contributed by atoms with Crippen molar-refractivity contribution in [3.63, 3.8) is 0 Å². The fourth-order valence-electron chi connectivity index (χ4n) is 2.19. The van der Waals surface area contributed by atoms with Crippen LogP contribution in [0.2, 0.25) is 0 Å². The third kappa shape index (κ3) is 2.51. The molecule has 2 heterocycles. The van der Waals surface area contributed by atoms with E-state index in [0.717, 1.165) is 11.7 Å². The van der Waals surface area contributed by atoms with E-state index in [2.05, 4.69) is 10.1 Å². The molecule has 7 heteroatoms. The highest BCUT2D eigenvalue weighted by molar-refractivity contribution is 5.88. The van der Waals surface area contributed by atoms with Crippen LogP contribution in [-0.2, 0) is 4.74 Å². The average molecular weight is 272 g/mol. The maximum absolute atomic E-state index is 13.8. The number of carbonyl (C=O) groups excluding carboxylic acids is 1. The lowest BCUT2D eigenvalue weighted by atomic mass is 10.0. The van der Waals surface area contributed by atoms with Gasteiger partial charge in [0.05, 0.1) is 13.7 Å². The summed E-state index contributed by atoms with van der Waals surface area (Å²) in [6, 6.07) is 1.42. The molecular weight excluding hydrogens is 258 g/mol. The number of esters is 1. The van der Waals surface area contributed by atoms with Gasteiger partial charge in [-0.3, -0.25) is 4.79 Å². The van der Waals surface area contributed by atoms with Gasteiger partial charge in [-0.25, -0.2) is 13.6 Å². The molecule has 1 atom stereocenters. The molecule has 0 amide bonds. The minimum absolute atomic E-state index is 0.123. The third-order valence-corrected chi connectivity index (χ3v) is 3.16. The third-order valence-electron chi connectivity index (χ3n) is 3.16. The van der Waals surface area contributed by atoms with Crippen molar-refractivity contribution in [2.24, 2.45) is 0 Å². The van der Waals surface area contributed by atoms with Gasteiger partial charge < -0.3 is 14.6 Å². The summed E-state index contributed by atoms with van der Waals surface area (Å²) in [5.74, 6) is -3.85. The number of nitrogens with one attached hydrogen (secondary N) is 1. The van der Waals surface area contributed by atoms with E-state index in [1.807, 2.05) is 0 Å². The van der Waals surface area contributed by atoms with Crippen molar-refractivity contribution in [3.05, 3.63) is 34.2 Å². The molecule has 1 aromatic rings. The molecular formula is C12H14F2N2O3. The summed E-state index contributed by atoms with van der Waals surface area (Å²) in [6.07, 6.45) is 1.40. The number of hydrogen-bond acceptors (Lipinski definition) is 4. The van der Waals surface area contributed by atoms with Gasteiger partial charge in [-0.15, -0.1) is 0 Å². The molecule has 1 fully saturated rings. The zero-order chi connectivity index (χ0) is 14.0. The van der Waals surface area contributed by atoms with Gasteiger partial charge in [0.15, 0.2) is 0 Å². The lowest BCUT2D eigenvalue weighted by Gasteiger charge is -2.33. The SMILES string of the molecule is COC(=O)c1cccn(C2CCNCC2(F)F)c1=O. The lowest BCUT2D eigenvalue weighted by molar-refractivity contribution is -0.0670. The van der Waals surface area contributed by atoms with Gasteiger partial charge in [0, 0.05) is 6.20 Å². The average Bonchev–Trinajstić information content (AvgIpc) is 2.38. The van der Waals surface area contributed by atoms with Gasteiger partial charge >= 0.3 is 5.97 Å². The Hall–Kier alpha value is -1.76. The zero-order valence-corrected chi connectivity index (χ0v) is 10.4. The number of alkyl halides is 2. The highest BCUT2D eigenvalue weighted by Crippen LogP contribution is 2.32. The van der Waals surface area contributed by atoms with E-state index in [1.54, 1.807) is 0 Å². The number of aromatic nitrogens is 1. The van der Waals surface area contributed by atoms with Crippen molar-refractivity contribution in [1.82, 2.24) is 9.88 Å². The van der Waals surface area contributed by atoms with E-state index in [-0.39, 0.29) is 12.0 Å². The predicted molar refractivity (Wildman–Crippen MR) is 63.5 cm³/mol. The highest BCUT2D eigenvalue weighted by Gasteiger charge is 2.43. The summed E-state index contributed by atoms with van der Waals surface area (Å²) in [6.45, 7) is -0.0816. The van der Waals surface area contributed by atoms with Crippen LogP contribution >= 0.6 is 0 Å². The maximum atomic E-state index is 13.8. The molecule has 0 spiro atoms. The van der Waals surface area contributed by atoms with Gasteiger partial charge in [0.1, 0.15) is 11.6 Å². The summed E-state index contributed by atoms with van der Waals surface area (Å²) >= 11 is 0. The second-order valence-electron chi connectivity index (χ2n) is 4.37. The first kappa shape index (κ1) is 13.7. The van der Waals surface area contributed by atoms with E-state index in [0.29, 0.717) is 6.54 Å². The number of ether oxygens (including phenoxy) is 1. The summed E-state index contributed by atoms with van der Waals surface area (Å²) in [7, 11) is 1.14. The first-order chi connectivity index (χ1) is 8.97. The molecule has 1 aliphatic rings. The molecule has 1 unspecified atom stereocenters. The van der Waals surface area contributed by atoms with Crippen LogP contribution in [0, 0.1) is 0 Å². The molecule has 0 aliphatic carbocycles. The molecule has 1 N–H and O–H groups in total. The topological polar surface area (TPSA) is 60.3 Å². The second kappa shape index (κ2) is 5.08. The number of pyridine rings is 1. The first-order valence-corrected chi connectivity index (χ1v) is 5.85. The predicted octanol–water partition coefficient (Wildman–Crippen LogP) is 0.805. The number of hydrogen-bond donors (Lipinski definition) is 1. The highest BCUT2D eigenvalue weighted by atomic mass is 19.3. The first-order valence-electron chi connectivity index (χ1n) is 5.85. The van der Waals surface area contributed by atoms with Crippen molar-refractivity contribution in [2.75, 3.05) is 20.2 Å². The van der Waals surface area contributed by atoms with E-state index in [4.69, 9.17) is 0 Å². The second-order valence-corrected chi connectivity index (χ2v) is 4.37. The minimum atomic E-state index is -3.03. The molecule has 19 heavy (non-hydrogen) atoms. The van der Waals surface area contributed by atoms with Crippen molar-refractivity contribution in [2.45, 2.75) is 18.4 Å². The molecule has 0 aromatic carbocycles. The fourth-order valence-corrected chi connectivity index (χ4v) is 2.19. The van der Waals surface area contributed by atoms with Crippen LogP contribution in [0.5, 0.6) is 0 Å². The van der Waals surface area contributed by atoms with Crippen LogP contribution in [0.3, 0.4) is 0 Å². The summed E-state index contributed by atoms with van der Waals surface area (Å²) in [4.78, 5) is 23.5. The molecule has 1 aromatic heterocycles. The maximum Gasteiger partial charge on any atom is 0.343 e. The Morgan fingerprint density at radius 3 is 2.95 bits per heavy atom. The Bertz CT molecular complexity index is 542. The summed E-state index contributed by atoms with van der Waals surface area (Å²) < 4.78 is 33.0. The van der Waals surface area contributed by atoms with Crippen molar-refractivity contribution in [1.29, 1.82) is 0 Å². The van der Waals surface area contributed by atoms with Gasteiger partial charge in [-0.2, -0.15) is 0 Å². The molecule has 104 valence electrons. The Morgan fingerprint density at radius 2 is 2.32 bits per heavy atom. The molecule has 0 saturated carbocycles. The Balaban J connectivity index is 2.45. The van der Waals surface area contributed by atoms with Crippen molar-refractivity contribution < 1.29 is 18.3 Å². The number of carbonyl (C=O) groups is 1. The van der Waals surface area contributed by atoms with E-state index < -0.39 is 30.0 Å². The van der Waals surface area contributed by atoms with Crippen LogP contribution in [-0.4, -0.2) is 36.7 Å². The number of piperidine rings is 1. The van der Waals surface area contributed by atoms with Crippen LogP contribution in [0.4, 0.5) is 8.78 Å². The Kier molecular flexibility index (Phi) is 3.66. The molecule has 1 saturated heterocycles. The molecule has 0 radical (unpaired) electrons. The van der Waals surface area contributed by atoms with Gasteiger partial charge in [0.25, 0.3) is 11.5 Å². The van der Waals surface area contributed by atoms with Crippen LogP contribution in [0.1, 0.15) is 22.8 Å². The molecule has 0 bridgehead atoms. The van der Waals surface area contributed by atoms with E-state index in [9.17, 15) is 18.4 Å². The number of methoxy groups -OCH3 is 1. The monoisotopic (exact) mass is 272 g/mol. The number of nitrogens with zero attached hydrogens (tertiary/aromatic N) is 1. The lowest BCUT2D eigenvalue weighted by Crippen LogP contribution is -2.49. The van der Waals surface area contributed by atoms with E-state index >= 15 is 0 Å². The van der Waals surface area contributed by atoms with Crippen molar-refractivity contribution in [3.8, 4) is 0 Å². The Morgan fingerprint density at radius 1 is 1.58 bits per heavy atom. The minimum Gasteiger partial charge on any atom is -0.465 e. The van der Waals surface area contributed by atoms with Crippen LogP contribution in [0.15, 0.2) is 23.1 Å². The van der Waals surface area contributed by atoms with Gasteiger partial charge in [-0.1, -0.05) is 0 Å². The molecule has 2 rings (SSSR count). The quantitative estimate of drug-likeness (QED) is 0.809. The summed E-state index contributed by atoms with van der Waals surface area (Å²) in [5.41, 5.74) is -0.986. The molecule has 1 aliphatic heterocycles.